The fourth-order valence-electron chi connectivity index (χ4n) is 13.0. The van der Waals surface area contributed by atoms with E-state index in [0.717, 1.165) is 11.4 Å². The van der Waals surface area contributed by atoms with Crippen molar-refractivity contribution in [3.63, 3.8) is 0 Å². The van der Waals surface area contributed by atoms with E-state index in [1.54, 1.807) is 0 Å². The smallest absolute Gasteiger partial charge is 0.0778 e. The first-order valence-electron chi connectivity index (χ1n) is 20.9. The fraction of sp³-hybridized carbons (Fsp3) is 0.320. The highest BCUT2D eigenvalue weighted by Crippen LogP contribution is 2.57. The minimum atomic E-state index is 0.389. The van der Waals surface area contributed by atoms with Crippen LogP contribution < -0.4 is 0 Å². The topological polar surface area (TPSA) is 57.4 Å². The Labute approximate surface area is 315 Å². The number of benzene rings is 1. The molecule has 1 aromatic carbocycles. The molecular formula is C50H42N4. The molecule has 54 heavy (non-hydrogen) atoms. The third-order valence-electron chi connectivity index (χ3n) is 15.2. The Balaban J connectivity index is 1.19. The Morgan fingerprint density at radius 1 is 0.407 bits per heavy atom. The summed E-state index contributed by atoms with van der Waals surface area (Å²) in [6.45, 7) is 0. The lowest BCUT2D eigenvalue weighted by molar-refractivity contribution is 0.557. The molecule has 0 amide bonds. The van der Waals surface area contributed by atoms with Crippen LogP contribution in [0, 0.1) is 23.7 Å². The van der Waals surface area contributed by atoms with Crippen LogP contribution in [0.25, 0.3) is 55.5 Å². The molecule has 0 fully saturated rings. The molecule has 2 N–H and O–H groups in total. The Kier molecular flexibility index (Phi) is 5.56. The van der Waals surface area contributed by atoms with E-state index in [-0.39, 0.29) is 0 Å². The molecule has 2 aliphatic heterocycles. The van der Waals surface area contributed by atoms with Gasteiger partial charge >= 0.3 is 0 Å². The van der Waals surface area contributed by atoms with Gasteiger partial charge in [0.1, 0.15) is 0 Å². The van der Waals surface area contributed by atoms with Crippen LogP contribution >= 0.6 is 0 Å². The van der Waals surface area contributed by atoms with E-state index in [1.807, 2.05) is 0 Å². The number of aromatic nitrogens is 4. The third kappa shape index (κ3) is 3.70. The van der Waals surface area contributed by atoms with Crippen LogP contribution in [0.3, 0.4) is 0 Å². The first kappa shape index (κ1) is 29.2. The summed E-state index contributed by atoms with van der Waals surface area (Å²) in [5.41, 5.74) is 24.2. The highest BCUT2D eigenvalue weighted by Gasteiger charge is 2.42. The van der Waals surface area contributed by atoms with E-state index < -0.39 is 0 Å². The number of rotatable bonds is 1. The lowest BCUT2D eigenvalue weighted by atomic mass is 9.69. The van der Waals surface area contributed by atoms with Crippen LogP contribution in [0.1, 0.15) is 120 Å². The molecule has 4 aromatic rings. The summed E-state index contributed by atoms with van der Waals surface area (Å²) < 4.78 is 0. The van der Waals surface area contributed by atoms with Gasteiger partial charge in [-0.3, -0.25) is 0 Å². The molecule has 8 unspecified atom stereocenters. The highest BCUT2D eigenvalue weighted by molar-refractivity contribution is 6.05. The van der Waals surface area contributed by atoms with E-state index >= 15 is 0 Å². The summed E-state index contributed by atoms with van der Waals surface area (Å²) in [4.78, 5) is 19.8. The van der Waals surface area contributed by atoms with Crippen molar-refractivity contribution >= 4 is 44.4 Å². The van der Waals surface area contributed by atoms with Crippen molar-refractivity contribution in [3.8, 4) is 11.1 Å². The molecule has 3 aromatic heterocycles. The molecule has 5 heterocycles. The summed E-state index contributed by atoms with van der Waals surface area (Å²) in [5, 5.41) is 0. The van der Waals surface area contributed by atoms with Gasteiger partial charge in [-0.2, -0.15) is 0 Å². The number of nitrogens with zero attached hydrogens (tertiary/aromatic N) is 2. The first-order chi connectivity index (χ1) is 26.7. The van der Waals surface area contributed by atoms with Crippen LogP contribution in [0.5, 0.6) is 0 Å². The third-order valence-corrected chi connectivity index (χ3v) is 15.2. The molecule has 8 atom stereocenters. The van der Waals surface area contributed by atoms with Gasteiger partial charge in [0.2, 0.25) is 0 Å². The zero-order valence-corrected chi connectivity index (χ0v) is 30.4. The Bertz CT molecular complexity index is 2780. The standard InChI is InChI=1S/C50H42N4/c1-2-4-25(5-3-1)48-49-46-32-18-14-30(15-19-32)44(46)38(53-49)23-36-42-28-10-6-26(7-11-28)40(42)34(51-36)22-35-41-27-8-12-29(13-9-27)43(41)37(52-35)24-39-45-31-16-20-33(21-17-31)47(45)50(48)54-39/h1-6,8,10,12,14,16,18,20,22-24,26-33,51,53H,7,9,11,13,15,17,19,21H2. The van der Waals surface area contributed by atoms with Gasteiger partial charge in [-0.1, -0.05) is 78.9 Å². The van der Waals surface area contributed by atoms with E-state index in [9.17, 15) is 0 Å². The summed E-state index contributed by atoms with van der Waals surface area (Å²) in [6, 6.07) is 18.6. The number of allylic oxidation sites excluding steroid dienone is 12. The predicted molar refractivity (Wildman–Crippen MR) is 218 cm³/mol. The number of aromatic amines is 2. The van der Waals surface area contributed by atoms with Crippen molar-refractivity contribution in [2.24, 2.45) is 23.7 Å². The highest BCUT2D eigenvalue weighted by atomic mass is 14.8. The number of hydrogen-bond donors (Lipinski definition) is 2. The molecular weight excluding hydrogens is 657 g/mol. The minimum Gasteiger partial charge on any atom is -0.355 e. The lowest BCUT2D eigenvalue weighted by Crippen LogP contribution is -2.19. The largest absolute Gasteiger partial charge is 0.355 e. The second-order valence-electron chi connectivity index (χ2n) is 17.8. The monoisotopic (exact) mass is 698 g/mol. The fourth-order valence-corrected chi connectivity index (χ4v) is 13.0. The van der Waals surface area contributed by atoms with E-state index in [0.29, 0.717) is 47.3 Å². The number of nitrogens with one attached hydrogen (secondary N) is 2. The summed E-state index contributed by atoms with van der Waals surface area (Å²) in [5.74, 6) is 3.40. The van der Waals surface area contributed by atoms with Gasteiger partial charge < -0.3 is 9.97 Å². The average molecular weight is 699 g/mol. The van der Waals surface area contributed by atoms with Gasteiger partial charge in [-0.25, -0.2) is 9.97 Å². The molecule has 16 bridgehead atoms. The Morgan fingerprint density at radius 3 is 1.44 bits per heavy atom. The molecule has 0 saturated heterocycles. The summed E-state index contributed by atoms with van der Waals surface area (Å²) >= 11 is 0. The molecule has 12 aliphatic carbocycles. The van der Waals surface area contributed by atoms with Gasteiger partial charge in [0.15, 0.2) is 0 Å². The second kappa shape index (κ2) is 10.3. The van der Waals surface area contributed by atoms with Gasteiger partial charge in [0.25, 0.3) is 0 Å². The minimum absolute atomic E-state index is 0.389. The molecule has 4 nitrogen and oxygen atoms in total. The molecule has 4 heteroatoms. The van der Waals surface area contributed by atoms with Crippen molar-refractivity contribution in [2.75, 3.05) is 0 Å². The van der Waals surface area contributed by atoms with Gasteiger partial charge in [0, 0.05) is 69.5 Å². The maximum Gasteiger partial charge on any atom is 0.0778 e. The van der Waals surface area contributed by atoms with Crippen LogP contribution in [0.2, 0.25) is 0 Å². The van der Waals surface area contributed by atoms with E-state index in [2.05, 4.69) is 107 Å². The zero-order valence-electron chi connectivity index (χ0n) is 30.4. The van der Waals surface area contributed by atoms with Crippen LogP contribution in [-0.2, 0) is 0 Å². The van der Waals surface area contributed by atoms with Crippen molar-refractivity contribution < 1.29 is 0 Å². The quantitative estimate of drug-likeness (QED) is 0.194. The van der Waals surface area contributed by atoms with Crippen LogP contribution in [0.15, 0.2) is 97.1 Å². The lowest BCUT2D eigenvalue weighted by Gasteiger charge is -2.34. The van der Waals surface area contributed by atoms with E-state index in [4.69, 9.17) is 9.97 Å². The Morgan fingerprint density at radius 2 is 0.852 bits per heavy atom. The van der Waals surface area contributed by atoms with Crippen molar-refractivity contribution in [3.05, 3.63) is 142 Å². The SMILES string of the molecule is C1=CC2CCC1C1=C2c2cc3[nH]c(cc4[nH]c(c(-c5ccccc5)c5nc(cc1n2)C1=C5C2C=CC1CC2)c1c4C2C=CC1CC2)c1c3C2C=CC1CC2. The average Bonchev–Trinajstić information content (AvgIpc) is 4.02. The number of fused-ring (bicyclic) bond motifs is 12. The maximum absolute atomic E-state index is 5.85. The molecule has 0 radical (unpaired) electrons. The molecule has 0 spiro atoms. The van der Waals surface area contributed by atoms with Crippen molar-refractivity contribution in [2.45, 2.75) is 75.0 Å². The molecule has 262 valence electrons. The molecule has 0 saturated carbocycles. The zero-order chi connectivity index (χ0) is 34.8. The van der Waals surface area contributed by atoms with Gasteiger partial charge in [-0.15, -0.1) is 0 Å². The normalized spacial score (nSPS) is 31.0. The number of H-pyrrole nitrogens is 2. The summed E-state index contributed by atoms with van der Waals surface area (Å²) in [7, 11) is 0. The maximum atomic E-state index is 5.85. The van der Waals surface area contributed by atoms with E-state index in [1.165, 1.54) is 140 Å². The Hall–Kier alpha value is -5.22. The van der Waals surface area contributed by atoms with Crippen molar-refractivity contribution in [1.29, 1.82) is 0 Å². The second-order valence-corrected chi connectivity index (χ2v) is 17.8. The first-order valence-corrected chi connectivity index (χ1v) is 20.9. The van der Waals surface area contributed by atoms with Crippen LogP contribution in [0.4, 0.5) is 0 Å². The molecule has 14 aliphatic rings. The summed E-state index contributed by atoms with van der Waals surface area (Å²) in [6.07, 6.45) is 29.6. The molecule has 18 rings (SSSR count). The van der Waals surface area contributed by atoms with Gasteiger partial charge in [0.05, 0.1) is 28.3 Å². The number of hydrogen-bond acceptors (Lipinski definition) is 2. The predicted octanol–water partition coefficient (Wildman–Crippen LogP) is 12.1. The van der Waals surface area contributed by atoms with Crippen LogP contribution in [-0.4, -0.2) is 19.9 Å². The van der Waals surface area contributed by atoms with Crippen molar-refractivity contribution in [1.82, 2.24) is 19.9 Å². The van der Waals surface area contributed by atoms with Gasteiger partial charge in [-0.05, 0) is 120 Å².